The van der Waals surface area contributed by atoms with Gasteiger partial charge >= 0.3 is 6.03 Å². The summed E-state index contributed by atoms with van der Waals surface area (Å²) in [5.74, 6) is 0.0864. The van der Waals surface area contributed by atoms with Crippen LogP contribution in [0.1, 0.15) is 29.3 Å². The summed E-state index contributed by atoms with van der Waals surface area (Å²) >= 11 is 0. The molecule has 0 saturated carbocycles. The maximum absolute atomic E-state index is 11.9. The lowest BCUT2D eigenvalue weighted by molar-refractivity contribution is 0.0963. The van der Waals surface area contributed by atoms with Crippen LogP contribution in [0.3, 0.4) is 0 Å². The average molecular weight is 327 g/mol. The molecule has 0 spiro atoms. The van der Waals surface area contributed by atoms with Crippen molar-refractivity contribution in [3.63, 3.8) is 0 Å². The smallest absolute Gasteiger partial charge is 0.324 e. The SMILES string of the molecule is CCCc1ccc(OCNC(=O)NC(=O)c2ccccc2N)cc1. The molecule has 0 saturated heterocycles. The molecule has 24 heavy (non-hydrogen) atoms. The van der Waals surface area contributed by atoms with Crippen molar-refractivity contribution < 1.29 is 14.3 Å². The Morgan fingerprint density at radius 1 is 1.08 bits per heavy atom. The number of nitrogen functional groups attached to an aromatic ring is 1. The fourth-order valence-electron chi connectivity index (χ4n) is 2.14. The Morgan fingerprint density at radius 2 is 1.79 bits per heavy atom. The quantitative estimate of drug-likeness (QED) is 0.562. The molecule has 0 bridgehead atoms. The van der Waals surface area contributed by atoms with Crippen molar-refractivity contribution in [3.05, 3.63) is 59.7 Å². The number of aryl methyl sites for hydroxylation is 1. The van der Waals surface area contributed by atoms with Gasteiger partial charge in [-0.25, -0.2) is 4.79 Å². The standard InChI is InChI=1S/C18H21N3O3/c1-2-5-13-8-10-14(11-9-13)24-12-20-18(23)21-17(22)15-6-3-4-7-16(15)19/h3-4,6-11H,2,5,12,19H2,1H3,(H2,20,21,22,23). The molecule has 0 unspecified atom stereocenters. The van der Waals surface area contributed by atoms with E-state index in [4.69, 9.17) is 10.5 Å². The number of urea groups is 1. The van der Waals surface area contributed by atoms with E-state index in [9.17, 15) is 9.59 Å². The molecule has 2 aromatic carbocycles. The number of amides is 3. The Hall–Kier alpha value is -3.02. The first kappa shape index (κ1) is 17.3. The Bertz CT molecular complexity index is 699. The molecule has 3 amide bonds. The van der Waals surface area contributed by atoms with Crippen LogP contribution in [0, 0.1) is 0 Å². The fraction of sp³-hybridized carbons (Fsp3) is 0.222. The van der Waals surface area contributed by atoms with Crippen LogP contribution < -0.4 is 21.1 Å². The van der Waals surface area contributed by atoms with Gasteiger partial charge in [-0.15, -0.1) is 0 Å². The highest BCUT2D eigenvalue weighted by Gasteiger charge is 2.12. The average Bonchev–Trinajstić information content (AvgIpc) is 2.57. The number of benzene rings is 2. The van der Waals surface area contributed by atoms with E-state index in [1.165, 1.54) is 5.56 Å². The second kappa shape index (κ2) is 8.57. The molecular weight excluding hydrogens is 306 g/mol. The Morgan fingerprint density at radius 3 is 2.46 bits per heavy atom. The first-order chi connectivity index (χ1) is 11.6. The van der Waals surface area contributed by atoms with E-state index in [2.05, 4.69) is 17.6 Å². The molecule has 0 aliphatic rings. The molecule has 0 aromatic heterocycles. The third-order valence-corrected chi connectivity index (χ3v) is 3.37. The van der Waals surface area contributed by atoms with Crippen molar-refractivity contribution >= 4 is 17.6 Å². The highest BCUT2D eigenvalue weighted by atomic mass is 16.5. The van der Waals surface area contributed by atoms with E-state index < -0.39 is 11.9 Å². The van der Waals surface area contributed by atoms with Gasteiger partial charge in [0.25, 0.3) is 5.91 Å². The third kappa shape index (κ3) is 5.01. The van der Waals surface area contributed by atoms with Gasteiger partial charge in [0.1, 0.15) is 5.75 Å². The maximum atomic E-state index is 11.9. The van der Waals surface area contributed by atoms with Crippen molar-refractivity contribution in [1.29, 1.82) is 0 Å². The van der Waals surface area contributed by atoms with Gasteiger partial charge in [-0.3, -0.25) is 10.1 Å². The van der Waals surface area contributed by atoms with E-state index in [0.29, 0.717) is 11.4 Å². The predicted octanol–water partition coefficient (Wildman–Crippen LogP) is 2.70. The molecule has 0 aliphatic carbocycles. The lowest BCUT2D eigenvalue weighted by Gasteiger charge is -2.10. The number of imide groups is 1. The summed E-state index contributed by atoms with van der Waals surface area (Å²) in [6.07, 6.45) is 2.10. The van der Waals surface area contributed by atoms with Crippen LogP contribution in [0.5, 0.6) is 5.75 Å². The van der Waals surface area contributed by atoms with Gasteiger partial charge in [-0.1, -0.05) is 37.6 Å². The van der Waals surface area contributed by atoms with E-state index in [1.807, 2.05) is 24.3 Å². The van der Waals surface area contributed by atoms with Crippen molar-refractivity contribution in [3.8, 4) is 5.75 Å². The van der Waals surface area contributed by atoms with Gasteiger partial charge in [-0.2, -0.15) is 0 Å². The molecular formula is C18H21N3O3. The summed E-state index contributed by atoms with van der Waals surface area (Å²) in [5.41, 5.74) is 7.49. The molecule has 2 rings (SSSR count). The number of ether oxygens (including phenoxy) is 1. The van der Waals surface area contributed by atoms with Crippen molar-refractivity contribution in [2.75, 3.05) is 12.5 Å². The Labute approximate surface area is 141 Å². The number of hydrogen-bond acceptors (Lipinski definition) is 4. The van der Waals surface area contributed by atoms with E-state index in [-0.39, 0.29) is 12.3 Å². The molecule has 0 heterocycles. The predicted molar refractivity (Wildman–Crippen MR) is 92.8 cm³/mol. The van der Waals surface area contributed by atoms with Gasteiger partial charge in [0.15, 0.2) is 6.73 Å². The van der Waals surface area contributed by atoms with Crippen molar-refractivity contribution in [1.82, 2.24) is 10.6 Å². The Kier molecular flexibility index (Phi) is 6.19. The first-order valence-electron chi connectivity index (χ1n) is 7.75. The molecule has 0 aliphatic heterocycles. The number of hydrogen-bond donors (Lipinski definition) is 3. The Balaban J connectivity index is 1.77. The van der Waals surface area contributed by atoms with Gasteiger partial charge in [-0.05, 0) is 36.2 Å². The van der Waals surface area contributed by atoms with E-state index in [0.717, 1.165) is 12.8 Å². The number of carbonyl (C=O) groups excluding carboxylic acids is 2. The molecule has 4 N–H and O–H groups in total. The van der Waals surface area contributed by atoms with Crippen LogP contribution >= 0.6 is 0 Å². The number of carbonyl (C=O) groups is 2. The van der Waals surface area contributed by atoms with Gasteiger partial charge in [0.2, 0.25) is 0 Å². The minimum Gasteiger partial charge on any atom is -0.473 e. The maximum Gasteiger partial charge on any atom is 0.324 e. The van der Waals surface area contributed by atoms with Crippen LogP contribution in [0.15, 0.2) is 48.5 Å². The fourth-order valence-corrected chi connectivity index (χ4v) is 2.14. The van der Waals surface area contributed by atoms with Gasteiger partial charge < -0.3 is 15.8 Å². The lowest BCUT2D eigenvalue weighted by Crippen LogP contribution is -2.41. The molecule has 2 aromatic rings. The number of rotatable bonds is 6. The van der Waals surface area contributed by atoms with Crippen LogP contribution in [0.4, 0.5) is 10.5 Å². The molecule has 0 radical (unpaired) electrons. The second-order valence-corrected chi connectivity index (χ2v) is 5.23. The molecule has 6 nitrogen and oxygen atoms in total. The molecule has 0 atom stereocenters. The van der Waals surface area contributed by atoms with Crippen LogP contribution in [0.2, 0.25) is 0 Å². The summed E-state index contributed by atoms with van der Waals surface area (Å²) in [5, 5.41) is 4.66. The van der Waals surface area contributed by atoms with Gasteiger partial charge in [0, 0.05) is 5.69 Å². The van der Waals surface area contributed by atoms with Crippen molar-refractivity contribution in [2.45, 2.75) is 19.8 Å². The molecule has 0 fully saturated rings. The van der Waals surface area contributed by atoms with Crippen LogP contribution in [-0.2, 0) is 6.42 Å². The zero-order valence-corrected chi connectivity index (χ0v) is 13.5. The normalized spacial score (nSPS) is 10.0. The zero-order valence-electron chi connectivity index (χ0n) is 13.5. The van der Waals surface area contributed by atoms with Crippen LogP contribution in [0.25, 0.3) is 0 Å². The summed E-state index contributed by atoms with van der Waals surface area (Å²) in [7, 11) is 0. The van der Waals surface area contributed by atoms with Gasteiger partial charge in [0.05, 0.1) is 5.56 Å². The lowest BCUT2D eigenvalue weighted by atomic mass is 10.1. The zero-order chi connectivity index (χ0) is 17.4. The second-order valence-electron chi connectivity index (χ2n) is 5.23. The minimum absolute atomic E-state index is 0.0451. The van der Waals surface area contributed by atoms with Crippen LogP contribution in [-0.4, -0.2) is 18.7 Å². The topological polar surface area (TPSA) is 93.5 Å². The summed E-state index contributed by atoms with van der Waals surface area (Å²) < 4.78 is 5.41. The van der Waals surface area contributed by atoms with Crippen molar-refractivity contribution in [2.24, 2.45) is 0 Å². The monoisotopic (exact) mass is 327 g/mol. The highest BCUT2D eigenvalue weighted by molar-refractivity contribution is 6.07. The van der Waals surface area contributed by atoms with E-state index >= 15 is 0 Å². The number of anilines is 1. The summed E-state index contributed by atoms with van der Waals surface area (Å²) in [6, 6.07) is 13.6. The molecule has 6 heteroatoms. The first-order valence-corrected chi connectivity index (χ1v) is 7.75. The highest BCUT2D eigenvalue weighted by Crippen LogP contribution is 2.13. The number of nitrogens with two attached hydrogens (primary N) is 1. The summed E-state index contributed by atoms with van der Waals surface area (Å²) in [6.45, 7) is 2.08. The minimum atomic E-state index is -0.647. The third-order valence-electron chi connectivity index (χ3n) is 3.37. The number of para-hydroxylation sites is 1. The molecule has 126 valence electrons. The summed E-state index contributed by atoms with van der Waals surface area (Å²) in [4.78, 5) is 23.6. The largest absolute Gasteiger partial charge is 0.473 e. The number of nitrogens with one attached hydrogen (secondary N) is 2. The van der Waals surface area contributed by atoms with E-state index in [1.54, 1.807) is 24.3 Å².